The molecule has 3 atom stereocenters. The maximum atomic E-state index is 13.2. The number of ketones is 1. The third-order valence-corrected chi connectivity index (χ3v) is 6.85. The average molecular weight is 328 g/mol. The summed E-state index contributed by atoms with van der Waals surface area (Å²) in [6.07, 6.45) is 2.74. The molecule has 2 aliphatic heterocycles. The lowest BCUT2D eigenvalue weighted by atomic mass is 9.47. The molecule has 3 heteroatoms. The van der Waals surface area contributed by atoms with Crippen molar-refractivity contribution in [1.29, 1.82) is 0 Å². The summed E-state index contributed by atoms with van der Waals surface area (Å²) in [7, 11) is 1.73. The van der Waals surface area contributed by atoms with Gasteiger partial charge in [0.05, 0.1) is 25.2 Å². The molecule has 5 rings (SSSR count). The Hall–Kier alpha value is -1.35. The highest BCUT2D eigenvalue weighted by molar-refractivity contribution is 5.93. The molecule has 3 nitrogen and oxygen atoms in total. The quantitative estimate of drug-likeness (QED) is 0.800. The van der Waals surface area contributed by atoms with E-state index in [9.17, 15) is 4.79 Å². The van der Waals surface area contributed by atoms with Crippen molar-refractivity contribution in [2.75, 3.05) is 13.7 Å². The van der Waals surface area contributed by atoms with Crippen molar-refractivity contribution in [1.82, 2.24) is 0 Å². The maximum Gasteiger partial charge on any atom is 0.146 e. The van der Waals surface area contributed by atoms with Gasteiger partial charge >= 0.3 is 0 Å². The van der Waals surface area contributed by atoms with Crippen molar-refractivity contribution in [3.05, 3.63) is 28.8 Å². The van der Waals surface area contributed by atoms with Crippen LogP contribution in [0.4, 0.5) is 0 Å². The Bertz CT molecular complexity index is 703. The van der Waals surface area contributed by atoms with Gasteiger partial charge < -0.3 is 9.47 Å². The van der Waals surface area contributed by atoms with Crippen molar-refractivity contribution in [2.45, 2.75) is 64.4 Å². The summed E-state index contributed by atoms with van der Waals surface area (Å²) in [5.41, 5.74) is 3.34. The van der Waals surface area contributed by atoms with E-state index in [2.05, 4.69) is 39.8 Å². The number of rotatable bonds is 2. The molecule has 4 aliphatic rings. The lowest BCUT2D eigenvalue weighted by molar-refractivity contribution is -0.162. The zero-order chi connectivity index (χ0) is 17.3. The van der Waals surface area contributed by atoms with E-state index in [-0.39, 0.29) is 11.5 Å². The molecule has 0 unspecified atom stereocenters. The van der Waals surface area contributed by atoms with E-state index in [0.29, 0.717) is 30.6 Å². The van der Waals surface area contributed by atoms with E-state index in [1.807, 2.05) is 0 Å². The standard InChI is InChI=1S/C21H28O3/c1-12(2)13-8-14-15(9-16(13)23-5)21-11-24-17(14)10-18(21)20(3,4)7-6-19(21)22/h8-9,12,17-18H,6-7,10-11H2,1-5H3/t17-,18+,21+/m0/s1. The van der Waals surface area contributed by atoms with E-state index in [0.717, 1.165) is 18.6 Å². The number of hydrogen-bond donors (Lipinski definition) is 0. The fraction of sp³-hybridized carbons (Fsp3) is 0.667. The Morgan fingerprint density at radius 1 is 1.29 bits per heavy atom. The molecule has 0 amide bonds. The highest BCUT2D eigenvalue weighted by Gasteiger charge is 2.62. The summed E-state index contributed by atoms with van der Waals surface area (Å²) in [6.45, 7) is 9.56. The Morgan fingerprint density at radius 2 is 2.04 bits per heavy atom. The first-order valence-electron chi connectivity index (χ1n) is 9.18. The summed E-state index contributed by atoms with van der Waals surface area (Å²) in [4.78, 5) is 13.2. The molecule has 1 saturated carbocycles. The molecule has 1 aromatic carbocycles. The lowest BCUT2D eigenvalue weighted by Gasteiger charge is -2.59. The second-order valence-corrected chi connectivity index (χ2v) is 8.81. The van der Waals surface area contributed by atoms with Crippen LogP contribution in [0, 0.1) is 11.3 Å². The fourth-order valence-corrected chi connectivity index (χ4v) is 5.44. The van der Waals surface area contributed by atoms with Crippen molar-refractivity contribution < 1.29 is 14.3 Å². The SMILES string of the molecule is COc1cc2c(cc1C(C)C)[C@@H]1C[C@@H]3C(C)(C)CCC(=O)[C@]23CO1. The number of ether oxygens (including phenoxy) is 2. The van der Waals surface area contributed by atoms with Crippen molar-refractivity contribution >= 4 is 5.78 Å². The minimum Gasteiger partial charge on any atom is -0.496 e. The summed E-state index contributed by atoms with van der Waals surface area (Å²) in [5.74, 6) is 2.04. The van der Waals surface area contributed by atoms with Crippen LogP contribution in [0.15, 0.2) is 12.1 Å². The molecule has 2 fully saturated rings. The number of carbonyl (C=O) groups is 1. The topological polar surface area (TPSA) is 35.5 Å². The molecule has 2 aliphatic carbocycles. The highest BCUT2D eigenvalue weighted by atomic mass is 16.5. The molecule has 1 aromatic rings. The van der Waals surface area contributed by atoms with E-state index < -0.39 is 5.41 Å². The minimum absolute atomic E-state index is 0.125. The first-order valence-corrected chi connectivity index (χ1v) is 9.18. The summed E-state index contributed by atoms with van der Waals surface area (Å²) < 4.78 is 11.9. The van der Waals surface area contributed by atoms with Crippen molar-refractivity contribution in [2.24, 2.45) is 11.3 Å². The number of benzene rings is 1. The molecule has 0 aromatic heterocycles. The third kappa shape index (κ3) is 1.91. The van der Waals surface area contributed by atoms with E-state index >= 15 is 0 Å². The van der Waals surface area contributed by atoms with Crippen molar-refractivity contribution in [3.8, 4) is 5.75 Å². The van der Waals surface area contributed by atoms with Gasteiger partial charge in [0.2, 0.25) is 0 Å². The highest BCUT2D eigenvalue weighted by Crippen LogP contribution is 2.62. The van der Waals surface area contributed by atoms with Crippen LogP contribution in [-0.2, 0) is 14.9 Å². The fourth-order valence-electron chi connectivity index (χ4n) is 5.44. The van der Waals surface area contributed by atoms with Gasteiger partial charge in [-0.1, -0.05) is 27.7 Å². The van der Waals surface area contributed by atoms with Crippen LogP contribution >= 0.6 is 0 Å². The number of carbonyl (C=O) groups excluding carboxylic acids is 1. The second kappa shape index (κ2) is 5.08. The van der Waals surface area contributed by atoms with Gasteiger partial charge in [0, 0.05) is 6.42 Å². The van der Waals surface area contributed by atoms with Gasteiger partial charge in [-0.25, -0.2) is 0 Å². The normalized spacial score (nSPS) is 33.3. The molecule has 2 bridgehead atoms. The molecule has 1 spiro atoms. The summed E-state index contributed by atoms with van der Waals surface area (Å²) in [5, 5.41) is 0. The first-order chi connectivity index (χ1) is 11.3. The van der Waals surface area contributed by atoms with Crippen LogP contribution in [0.3, 0.4) is 0 Å². The first kappa shape index (κ1) is 16.1. The van der Waals surface area contributed by atoms with Gasteiger partial charge in [-0.3, -0.25) is 4.79 Å². The van der Waals surface area contributed by atoms with Crippen molar-refractivity contribution in [3.63, 3.8) is 0 Å². The zero-order valence-corrected chi connectivity index (χ0v) is 15.4. The minimum atomic E-state index is -0.464. The molecule has 24 heavy (non-hydrogen) atoms. The van der Waals surface area contributed by atoms with Gasteiger partial charge in [-0.05, 0) is 58.9 Å². The Kier molecular flexibility index (Phi) is 3.41. The van der Waals surface area contributed by atoms with Gasteiger partial charge in [0.15, 0.2) is 0 Å². The number of Topliss-reactive ketones (excluding diaryl/α,β-unsaturated/α-hetero) is 1. The molecule has 0 radical (unpaired) electrons. The van der Waals surface area contributed by atoms with Gasteiger partial charge in [-0.15, -0.1) is 0 Å². The monoisotopic (exact) mass is 328 g/mol. The Labute approximate surface area is 144 Å². The molecule has 130 valence electrons. The Morgan fingerprint density at radius 3 is 2.71 bits per heavy atom. The van der Waals surface area contributed by atoms with Crippen LogP contribution in [0.25, 0.3) is 0 Å². The van der Waals surface area contributed by atoms with Gasteiger partial charge in [-0.2, -0.15) is 0 Å². The smallest absolute Gasteiger partial charge is 0.146 e. The predicted molar refractivity (Wildman–Crippen MR) is 93.6 cm³/mol. The third-order valence-electron chi connectivity index (χ3n) is 6.85. The molecular weight excluding hydrogens is 300 g/mol. The predicted octanol–water partition coefficient (Wildman–Crippen LogP) is 4.54. The average Bonchev–Trinajstić information content (AvgIpc) is 2.57. The van der Waals surface area contributed by atoms with Crippen LogP contribution < -0.4 is 4.74 Å². The summed E-state index contributed by atoms with van der Waals surface area (Å²) in [6, 6.07) is 4.40. The molecule has 1 saturated heterocycles. The second-order valence-electron chi connectivity index (χ2n) is 8.81. The largest absolute Gasteiger partial charge is 0.496 e. The Balaban J connectivity index is 1.96. The van der Waals surface area contributed by atoms with Gasteiger partial charge in [0.25, 0.3) is 0 Å². The lowest BCUT2D eigenvalue weighted by Crippen LogP contribution is -2.61. The molecule has 2 heterocycles. The zero-order valence-electron chi connectivity index (χ0n) is 15.4. The van der Waals surface area contributed by atoms with Crippen LogP contribution in [0.2, 0.25) is 0 Å². The molecule has 0 N–H and O–H groups in total. The van der Waals surface area contributed by atoms with Crippen LogP contribution in [0.5, 0.6) is 5.75 Å². The molecular formula is C21H28O3. The van der Waals surface area contributed by atoms with Crippen LogP contribution in [0.1, 0.15) is 75.7 Å². The number of methoxy groups -OCH3 is 1. The van der Waals surface area contributed by atoms with Crippen LogP contribution in [-0.4, -0.2) is 19.5 Å². The van der Waals surface area contributed by atoms with Gasteiger partial charge in [0.1, 0.15) is 11.5 Å². The number of fused-ring (bicyclic) bond motifs is 1. The van der Waals surface area contributed by atoms with E-state index in [1.54, 1.807) is 7.11 Å². The number of hydrogen-bond acceptors (Lipinski definition) is 3. The summed E-state index contributed by atoms with van der Waals surface area (Å²) >= 11 is 0. The maximum absolute atomic E-state index is 13.2. The van der Waals surface area contributed by atoms with E-state index in [4.69, 9.17) is 9.47 Å². The van der Waals surface area contributed by atoms with E-state index in [1.165, 1.54) is 16.7 Å².